The van der Waals surface area contributed by atoms with Crippen LogP contribution in [-0.4, -0.2) is 19.1 Å². The molecule has 0 fully saturated rings. The number of hydrogen-bond donors (Lipinski definition) is 0. The lowest BCUT2D eigenvalue weighted by Crippen LogP contribution is -2.17. The van der Waals surface area contributed by atoms with E-state index in [2.05, 4.69) is 40.0 Å². The van der Waals surface area contributed by atoms with Gasteiger partial charge in [0.25, 0.3) is 0 Å². The highest BCUT2D eigenvalue weighted by atomic mass is 79.9. The first-order chi connectivity index (χ1) is 9.10. The molecule has 102 valence electrons. The molecule has 2 rings (SSSR count). The number of halogens is 1. The zero-order valence-electron chi connectivity index (χ0n) is 11.4. The molecular weight excluding hydrogens is 306 g/mol. The van der Waals surface area contributed by atoms with E-state index < -0.39 is 0 Å². The van der Waals surface area contributed by atoms with Gasteiger partial charge < -0.3 is 9.15 Å². The molecule has 0 aliphatic carbocycles. The van der Waals surface area contributed by atoms with Crippen molar-refractivity contribution in [1.82, 2.24) is 4.90 Å². The number of nitrogens with zero attached hydrogens (tertiary/aromatic N) is 1. The maximum absolute atomic E-state index is 5.31. The molecule has 0 N–H and O–H groups in total. The average Bonchev–Trinajstić information content (AvgIpc) is 2.75. The van der Waals surface area contributed by atoms with Gasteiger partial charge in [0.05, 0.1) is 17.8 Å². The van der Waals surface area contributed by atoms with Crippen molar-refractivity contribution in [3.63, 3.8) is 0 Å². The van der Waals surface area contributed by atoms with Gasteiger partial charge in [0, 0.05) is 18.7 Å². The summed E-state index contributed by atoms with van der Waals surface area (Å²) in [4.78, 5) is 2.26. The van der Waals surface area contributed by atoms with Crippen LogP contribution in [0.15, 0.2) is 39.4 Å². The molecule has 4 heteroatoms. The molecule has 3 nitrogen and oxygen atoms in total. The topological polar surface area (TPSA) is 25.6 Å². The Hall–Kier alpha value is -1.26. The fourth-order valence-electron chi connectivity index (χ4n) is 2.04. The predicted octanol–water partition coefficient (Wildman–Crippen LogP) is 3.99. The van der Waals surface area contributed by atoms with Gasteiger partial charge in [-0.15, -0.1) is 0 Å². The third-order valence-electron chi connectivity index (χ3n) is 3.08. The van der Waals surface area contributed by atoms with E-state index in [1.54, 1.807) is 13.4 Å². The number of ether oxygens (including phenoxy) is 1. The first kappa shape index (κ1) is 14.2. The molecule has 0 aliphatic rings. The largest absolute Gasteiger partial charge is 0.496 e. The minimum absolute atomic E-state index is 0.858. The molecule has 0 bridgehead atoms. The van der Waals surface area contributed by atoms with Gasteiger partial charge in [0.2, 0.25) is 0 Å². The van der Waals surface area contributed by atoms with Crippen molar-refractivity contribution in [2.75, 3.05) is 14.2 Å². The highest BCUT2D eigenvalue weighted by Crippen LogP contribution is 2.26. The first-order valence-electron chi connectivity index (χ1n) is 6.14. The number of hydrogen-bond acceptors (Lipinski definition) is 3. The number of methoxy groups -OCH3 is 1. The monoisotopic (exact) mass is 323 g/mol. The van der Waals surface area contributed by atoms with Crippen molar-refractivity contribution >= 4 is 15.9 Å². The van der Waals surface area contributed by atoms with Crippen molar-refractivity contribution < 1.29 is 9.15 Å². The Labute approximate surface area is 122 Å². The molecule has 0 aliphatic heterocycles. The number of furan rings is 1. The van der Waals surface area contributed by atoms with E-state index in [1.807, 2.05) is 19.1 Å². The summed E-state index contributed by atoms with van der Waals surface area (Å²) in [6.07, 6.45) is 1.74. The van der Waals surface area contributed by atoms with Crippen LogP contribution in [0.3, 0.4) is 0 Å². The molecule has 1 aromatic carbocycles. The van der Waals surface area contributed by atoms with Crippen LogP contribution in [0.4, 0.5) is 0 Å². The third kappa shape index (κ3) is 3.61. The molecule has 0 spiro atoms. The zero-order chi connectivity index (χ0) is 13.8. The fourth-order valence-corrected chi connectivity index (χ4v) is 2.63. The smallest absolute Gasteiger partial charge is 0.133 e. The molecule has 0 saturated carbocycles. The molecule has 1 aromatic heterocycles. The number of rotatable bonds is 5. The van der Waals surface area contributed by atoms with Crippen molar-refractivity contribution in [2.45, 2.75) is 20.0 Å². The van der Waals surface area contributed by atoms with Gasteiger partial charge in [-0.3, -0.25) is 4.90 Å². The summed E-state index contributed by atoms with van der Waals surface area (Å²) in [5.74, 6) is 1.85. The Bertz CT molecular complexity index is 551. The first-order valence-corrected chi connectivity index (χ1v) is 6.93. The van der Waals surface area contributed by atoms with Crippen molar-refractivity contribution in [3.8, 4) is 5.75 Å². The summed E-state index contributed by atoms with van der Waals surface area (Å²) in [7, 11) is 3.78. The summed E-state index contributed by atoms with van der Waals surface area (Å²) < 4.78 is 11.5. The van der Waals surface area contributed by atoms with E-state index in [0.717, 1.165) is 29.1 Å². The van der Waals surface area contributed by atoms with E-state index in [1.165, 1.54) is 11.1 Å². The van der Waals surface area contributed by atoms with Gasteiger partial charge in [-0.2, -0.15) is 0 Å². The van der Waals surface area contributed by atoms with E-state index in [4.69, 9.17) is 9.15 Å². The average molecular weight is 324 g/mol. The molecule has 0 amide bonds. The summed E-state index contributed by atoms with van der Waals surface area (Å²) in [6, 6.07) is 8.19. The zero-order valence-corrected chi connectivity index (χ0v) is 13.0. The van der Waals surface area contributed by atoms with Gasteiger partial charge in [0.15, 0.2) is 0 Å². The second kappa shape index (κ2) is 6.26. The second-order valence-corrected chi connectivity index (χ2v) is 5.50. The van der Waals surface area contributed by atoms with E-state index in [-0.39, 0.29) is 0 Å². The van der Waals surface area contributed by atoms with Crippen LogP contribution in [0.2, 0.25) is 0 Å². The van der Waals surface area contributed by atoms with Gasteiger partial charge >= 0.3 is 0 Å². The minimum atomic E-state index is 0.858. The Morgan fingerprint density at radius 3 is 2.63 bits per heavy atom. The molecule has 2 aromatic rings. The number of benzene rings is 1. The van der Waals surface area contributed by atoms with Gasteiger partial charge in [0.1, 0.15) is 11.5 Å². The van der Waals surface area contributed by atoms with Crippen LogP contribution in [0.5, 0.6) is 5.75 Å². The van der Waals surface area contributed by atoms with Gasteiger partial charge in [-0.05, 0) is 53.7 Å². The molecule has 0 radical (unpaired) electrons. The van der Waals surface area contributed by atoms with E-state index in [9.17, 15) is 0 Å². The SMILES string of the molecule is COc1ccc(CN(C)Cc2ccoc2C)cc1Br. The van der Waals surface area contributed by atoms with E-state index in [0.29, 0.717) is 0 Å². The van der Waals surface area contributed by atoms with Crippen molar-refractivity contribution in [1.29, 1.82) is 0 Å². The second-order valence-electron chi connectivity index (χ2n) is 4.64. The predicted molar refractivity (Wildman–Crippen MR) is 79.3 cm³/mol. The van der Waals surface area contributed by atoms with Crippen molar-refractivity contribution in [3.05, 3.63) is 51.9 Å². The van der Waals surface area contributed by atoms with Crippen LogP contribution in [0, 0.1) is 6.92 Å². The summed E-state index contributed by atoms with van der Waals surface area (Å²) in [5, 5.41) is 0. The van der Waals surface area contributed by atoms with Crippen LogP contribution in [-0.2, 0) is 13.1 Å². The van der Waals surface area contributed by atoms with Gasteiger partial charge in [-0.1, -0.05) is 6.07 Å². The normalized spacial score (nSPS) is 11.0. The molecular formula is C15H18BrNO2. The maximum Gasteiger partial charge on any atom is 0.133 e. The summed E-state index contributed by atoms with van der Waals surface area (Å²) in [6.45, 7) is 3.76. The van der Waals surface area contributed by atoms with Crippen LogP contribution >= 0.6 is 15.9 Å². The molecule has 1 heterocycles. The Morgan fingerprint density at radius 1 is 1.26 bits per heavy atom. The highest BCUT2D eigenvalue weighted by molar-refractivity contribution is 9.10. The van der Waals surface area contributed by atoms with Gasteiger partial charge in [-0.25, -0.2) is 0 Å². The van der Waals surface area contributed by atoms with Crippen LogP contribution in [0.1, 0.15) is 16.9 Å². The summed E-state index contributed by atoms with van der Waals surface area (Å²) >= 11 is 3.51. The Morgan fingerprint density at radius 2 is 2.05 bits per heavy atom. The fraction of sp³-hybridized carbons (Fsp3) is 0.333. The standard InChI is InChI=1S/C15H18BrNO2/c1-11-13(6-7-19-11)10-17(2)9-12-4-5-15(18-3)14(16)8-12/h4-8H,9-10H2,1-3H3. The van der Waals surface area contributed by atoms with Crippen LogP contribution in [0.25, 0.3) is 0 Å². The van der Waals surface area contributed by atoms with Crippen molar-refractivity contribution in [2.24, 2.45) is 0 Å². The quantitative estimate of drug-likeness (QED) is 0.832. The summed E-state index contributed by atoms with van der Waals surface area (Å²) in [5.41, 5.74) is 2.48. The third-order valence-corrected chi connectivity index (χ3v) is 3.69. The van der Waals surface area contributed by atoms with Crippen LogP contribution < -0.4 is 4.74 Å². The molecule has 19 heavy (non-hydrogen) atoms. The Balaban J connectivity index is 2.01. The van der Waals surface area contributed by atoms with E-state index >= 15 is 0 Å². The lowest BCUT2D eigenvalue weighted by atomic mass is 10.2. The molecule has 0 atom stereocenters. The lowest BCUT2D eigenvalue weighted by molar-refractivity contribution is 0.316. The number of aryl methyl sites for hydroxylation is 1. The highest BCUT2D eigenvalue weighted by Gasteiger charge is 2.07. The molecule has 0 saturated heterocycles. The maximum atomic E-state index is 5.31. The Kier molecular flexibility index (Phi) is 4.66. The minimum Gasteiger partial charge on any atom is -0.496 e. The lowest BCUT2D eigenvalue weighted by Gasteiger charge is -2.17. The molecule has 0 unspecified atom stereocenters.